The number of hydrogen-bond acceptors (Lipinski definition) is 4. The highest BCUT2D eigenvalue weighted by molar-refractivity contribution is 14.0. The zero-order valence-electron chi connectivity index (χ0n) is 16.7. The number of halogens is 1. The van der Waals surface area contributed by atoms with Gasteiger partial charge >= 0.3 is 0 Å². The number of methoxy groups -OCH3 is 1. The average molecular weight is 503 g/mol. The number of carbonyl (C=O) groups is 2. The molecule has 9 heteroatoms. The van der Waals surface area contributed by atoms with Crippen LogP contribution in [0, 0.1) is 0 Å². The Morgan fingerprint density at radius 2 is 1.96 bits per heavy atom. The van der Waals surface area contributed by atoms with Crippen molar-refractivity contribution in [1.29, 1.82) is 0 Å². The van der Waals surface area contributed by atoms with E-state index < -0.39 is 0 Å². The molecule has 2 amide bonds. The summed E-state index contributed by atoms with van der Waals surface area (Å²) in [5, 5.41) is 9.14. The number of likely N-dealkylation sites (tertiary alicyclic amines) is 1. The summed E-state index contributed by atoms with van der Waals surface area (Å²) in [5.41, 5.74) is 0.998. The molecule has 0 aromatic heterocycles. The van der Waals surface area contributed by atoms with E-state index >= 15 is 0 Å². The van der Waals surface area contributed by atoms with Gasteiger partial charge in [0.2, 0.25) is 11.8 Å². The minimum Gasteiger partial charge on any atom is -0.497 e. The lowest BCUT2D eigenvalue weighted by Crippen LogP contribution is -2.47. The van der Waals surface area contributed by atoms with E-state index in [9.17, 15) is 9.59 Å². The van der Waals surface area contributed by atoms with Crippen LogP contribution in [0.2, 0.25) is 0 Å². The predicted octanol–water partition coefficient (Wildman–Crippen LogP) is 1.11. The van der Waals surface area contributed by atoms with Gasteiger partial charge in [0.05, 0.1) is 13.7 Å². The normalized spacial score (nSPS) is 16.2. The van der Waals surface area contributed by atoms with Crippen molar-refractivity contribution < 1.29 is 14.3 Å². The molecule has 1 heterocycles. The van der Waals surface area contributed by atoms with Crippen LogP contribution >= 0.6 is 24.0 Å². The first kappa shape index (κ1) is 24.0. The van der Waals surface area contributed by atoms with E-state index in [1.165, 1.54) is 0 Å². The standard InChI is InChI=1S/C19H29N5O3.HI/c1-4-18(26)24-10-9-15(13-24)23-19(20-2)22-12-17(25)21-11-14-5-7-16(27-3)8-6-14;/h5-8,15H,4,9-13H2,1-3H3,(H,21,25)(H2,20,22,23);1H. The van der Waals surface area contributed by atoms with E-state index in [1.807, 2.05) is 36.1 Å². The van der Waals surface area contributed by atoms with Crippen molar-refractivity contribution in [2.24, 2.45) is 4.99 Å². The van der Waals surface area contributed by atoms with Gasteiger partial charge in [0.15, 0.2) is 5.96 Å². The van der Waals surface area contributed by atoms with Gasteiger partial charge in [-0.25, -0.2) is 0 Å². The molecule has 0 aliphatic carbocycles. The van der Waals surface area contributed by atoms with Gasteiger partial charge < -0.3 is 25.6 Å². The third kappa shape index (κ3) is 7.53. The molecule has 8 nitrogen and oxygen atoms in total. The Morgan fingerprint density at radius 3 is 2.57 bits per heavy atom. The molecule has 1 aromatic rings. The third-order valence-electron chi connectivity index (χ3n) is 4.47. The first-order valence-corrected chi connectivity index (χ1v) is 9.20. The van der Waals surface area contributed by atoms with E-state index in [1.54, 1.807) is 14.2 Å². The third-order valence-corrected chi connectivity index (χ3v) is 4.47. The van der Waals surface area contributed by atoms with Gasteiger partial charge in [-0.3, -0.25) is 14.6 Å². The van der Waals surface area contributed by atoms with Crippen molar-refractivity contribution >= 4 is 41.8 Å². The molecule has 1 fully saturated rings. The molecule has 0 radical (unpaired) electrons. The van der Waals surface area contributed by atoms with E-state index in [-0.39, 0.29) is 48.4 Å². The Hall–Kier alpha value is -2.04. The maximum atomic E-state index is 12.0. The van der Waals surface area contributed by atoms with Crippen molar-refractivity contribution in [3.8, 4) is 5.75 Å². The summed E-state index contributed by atoms with van der Waals surface area (Å²) in [6.45, 7) is 3.86. The highest BCUT2D eigenvalue weighted by atomic mass is 127. The first-order chi connectivity index (χ1) is 13.0. The van der Waals surface area contributed by atoms with Crippen LogP contribution in [0.5, 0.6) is 5.75 Å². The molecule has 0 saturated carbocycles. The molecule has 28 heavy (non-hydrogen) atoms. The largest absolute Gasteiger partial charge is 0.497 e. The van der Waals surface area contributed by atoms with Gasteiger partial charge in [0.25, 0.3) is 0 Å². The SMILES string of the molecule is CCC(=O)N1CCC(NC(=NC)NCC(=O)NCc2ccc(OC)cc2)C1.I. The van der Waals surface area contributed by atoms with Crippen molar-refractivity contribution in [2.75, 3.05) is 33.8 Å². The lowest BCUT2D eigenvalue weighted by molar-refractivity contribution is -0.129. The van der Waals surface area contributed by atoms with Gasteiger partial charge in [-0.1, -0.05) is 19.1 Å². The van der Waals surface area contributed by atoms with Crippen molar-refractivity contribution in [1.82, 2.24) is 20.9 Å². The number of rotatable bonds is 7. The molecule has 1 aliphatic heterocycles. The fourth-order valence-electron chi connectivity index (χ4n) is 2.89. The molecule has 1 unspecified atom stereocenters. The van der Waals surface area contributed by atoms with Crippen molar-refractivity contribution in [3.63, 3.8) is 0 Å². The molecule has 1 atom stereocenters. The molecule has 1 aromatic carbocycles. The molecule has 1 saturated heterocycles. The Bertz CT molecular complexity index is 666. The smallest absolute Gasteiger partial charge is 0.239 e. The summed E-state index contributed by atoms with van der Waals surface area (Å²) in [4.78, 5) is 29.8. The summed E-state index contributed by atoms with van der Waals surface area (Å²) in [6.07, 6.45) is 1.39. The summed E-state index contributed by atoms with van der Waals surface area (Å²) in [6, 6.07) is 7.70. The minimum absolute atomic E-state index is 0. The zero-order valence-corrected chi connectivity index (χ0v) is 19.0. The van der Waals surface area contributed by atoms with E-state index in [0.29, 0.717) is 25.5 Å². The highest BCUT2D eigenvalue weighted by Gasteiger charge is 2.25. The average Bonchev–Trinajstić information content (AvgIpc) is 3.17. The van der Waals surface area contributed by atoms with Crippen LogP contribution in [-0.4, -0.2) is 62.5 Å². The zero-order chi connectivity index (χ0) is 19.6. The Balaban J connectivity index is 0.00000392. The summed E-state index contributed by atoms with van der Waals surface area (Å²) in [5.74, 6) is 1.39. The number of ether oxygens (including phenoxy) is 1. The Labute approximate surface area is 183 Å². The lowest BCUT2D eigenvalue weighted by Gasteiger charge is -2.18. The van der Waals surface area contributed by atoms with Gasteiger partial charge in [0, 0.05) is 39.1 Å². The summed E-state index contributed by atoms with van der Waals surface area (Å²) >= 11 is 0. The molecule has 1 aliphatic rings. The maximum absolute atomic E-state index is 12.0. The molecule has 2 rings (SSSR count). The number of amides is 2. The number of nitrogens with zero attached hydrogens (tertiary/aromatic N) is 2. The fraction of sp³-hybridized carbons (Fsp3) is 0.526. The number of carbonyl (C=O) groups excluding carboxylic acids is 2. The van der Waals surface area contributed by atoms with Crippen LogP contribution in [-0.2, 0) is 16.1 Å². The molecular weight excluding hydrogens is 473 g/mol. The number of guanidine groups is 1. The second kappa shape index (κ2) is 12.4. The fourth-order valence-corrected chi connectivity index (χ4v) is 2.89. The number of aliphatic imine (C=N–C) groups is 1. The van der Waals surface area contributed by atoms with E-state index in [4.69, 9.17) is 4.74 Å². The molecule has 156 valence electrons. The summed E-state index contributed by atoms with van der Waals surface area (Å²) < 4.78 is 5.11. The summed E-state index contributed by atoms with van der Waals surface area (Å²) in [7, 11) is 3.28. The van der Waals surface area contributed by atoms with Gasteiger partial charge in [-0.15, -0.1) is 24.0 Å². The second-order valence-electron chi connectivity index (χ2n) is 6.37. The van der Waals surface area contributed by atoms with Crippen molar-refractivity contribution in [2.45, 2.75) is 32.4 Å². The number of hydrogen-bond donors (Lipinski definition) is 3. The minimum atomic E-state index is -0.122. The van der Waals surface area contributed by atoms with Crippen LogP contribution in [0.25, 0.3) is 0 Å². The highest BCUT2D eigenvalue weighted by Crippen LogP contribution is 2.11. The lowest BCUT2D eigenvalue weighted by atomic mass is 10.2. The predicted molar refractivity (Wildman–Crippen MR) is 120 cm³/mol. The Kier molecular flexibility index (Phi) is 10.6. The number of nitrogens with one attached hydrogen (secondary N) is 3. The monoisotopic (exact) mass is 503 g/mol. The van der Waals surface area contributed by atoms with Gasteiger partial charge in [-0.05, 0) is 24.1 Å². The second-order valence-corrected chi connectivity index (χ2v) is 6.37. The first-order valence-electron chi connectivity index (χ1n) is 9.20. The van der Waals surface area contributed by atoms with E-state index in [2.05, 4.69) is 20.9 Å². The molecule has 0 bridgehead atoms. The van der Waals surface area contributed by atoms with Crippen LogP contribution in [0.15, 0.2) is 29.3 Å². The van der Waals surface area contributed by atoms with E-state index in [0.717, 1.165) is 24.3 Å². The van der Waals surface area contributed by atoms with Gasteiger partial charge in [-0.2, -0.15) is 0 Å². The number of benzene rings is 1. The molecule has 0 spiro atoms. The van der Waals surface area contributed by atoms with Gasteiger partial charge in [0.1, 0.15) is 5.75 Å². The van der Waals surface area contributed by atoms with Crippen LogP contribution < -0.4 is 20.7 Å². The van der Waals surface area contributed by atoms with Crippen LogP contribution in [0.1, 0.15) is 25.3 Å². The quantitative estimate of drug-likeness (QED) is 0.295. The molecular formula is C19H30IN5O3. The molecule has 3 N–H and O–H groups in total. The van der Waals surface area contributed by atoms with Crippen LogP contribution in [0.4, 0.5) is 0 Å². The maximum Gasteiger partial charge on any atom is 0.239 e. The Morgan fingerprint density at radius 1 is 1.25 bits per heavy atom. The topological polar surface area (TPSA) is 95.1 Å². The van der Waals surface area contributed by atoms with Crippen LogP contribution in [0.3, 0.4) is 0 Å². The van der Waals surface area contributed by atoms with Crippen molar-refractivity contribution in [3.05, 3.63) is 29.8 Å².